The summed E-state index contributed by atoms with van der Waals surface area (Å²) < 4.78 is 0. The van der Waals surface area contributed by atoms with Gasteiger partial charge in [-0.2, -0.15) is 0 Å². The van der Waals surface area contributed by atoms with E-state index in [1.807, 2.05) is 0 Å². The van der Waals surface area contributed by atoms with Crippen molar-refractivity contribution in [2.24, 2.45) is 5.92 Å². The number of benzene rings is 1. The minimum atomic E-state index is 0.458. The maximum Gasteiger partial charge on any atom is 0.0297 e. The normalized spacial score (nSPS) is 25.2. The van der Waals surface area contributed by atoms with Gasteiger partial charge in [0.2, 0.25) is 0 Å². The van der Waals surface area contributed by atoms with E-state index in [0.717, 1.165) is 5.92 Å². The molecule has 0 aliphatic heterocycles. The first kappa shape index (κ1) is 15.6. The van der Waals surface area contributed by atoms with Gasteiger partial charge in [-0.1, -0.05) is 38.3 Å². The van der Waals surface area contributed by atoms with Crippen LogP contribution in [0.2, 0.25) is 0 Å². The van der Waals surface area contributed by atoms with Crippen LogP contribution in [-0.4, -0.2) is 6.04 Å². The summed E-state index contributed by atoms with van der Waals surface area (Å²) in [5.74, 6) is 0.812. The lowest BCUT2D eigenvalue weighted by Crippen LogP contribution is -2.36. The molecule has 1 N–H and O–H groups in total. The molecule has 1 aromatic rings. The van der Waals surface area contributed by atoms with Gasteiger partial charge in [0, 0.05) is 12.1 Å². The van der Waals surface area contributed by atoms with Crippen molar-refractivity contribution in [1.82, 2.24) is 5.32 Å². The molecule has 3 unspecified atom stereocenters. The third-order valence-electron chi connectivity index (χ3n) is 5.17. The highest BCUT2D eigenvalue weighted by atomic mass is 15.0. The first-order chi connectivity index (χ1) is 9.49. The number of nitrogens with one attached hydrogen (secondary N) is 1. The third kappa shape index (κ3) is 3.63. The van der Waals surface area contributed by atoms with Gasteiger partial charge in [0.25, 0.3) is 0 Å². The zero-order chi connectivity index (χ0) is 14.7. The standard InChI is InChI=1S/C19H31N/c1-13-9-7-6-8-10-19(13)20-17(5)18-12-15(3)14(2)11-16(18)4/h11-13,17,19-20H,6-10H2,1-5H3. The molecule has 1 saturated carbocycles. The van der Waals surface area contributed by atoms with Gasteiger partial charge >= 0.3 is 0 Å². The molecule has 1 heteroatoms. The second-order valence-corrected chi connectivity index (χ2v) is 6.90. The van der Waals surface area contributed by atoms with Crippen LogP contribution in [-0.2, 0) is 0 Å². The molecule has 1 aromatic carbocycles. The van der Waals surface area contributed by atoms with Crippen LogP contribution in [0.25, 0.3) is 0 Å². The van der Waals surface area contributed by atoms with Crippen molar-refractivity contribution in [3.8, 4) is 0 Å². The highest BCUT2D eigenvalue weighted by Gasteiger charge is 2.22. The Morgan fingerprint density at radius 1 is 0.950 bits per heavy atom. The van der Waals surface area contributed by atoms with E-state index in [-0.39, 0.29) is 0 Å². The van der Waals surface area contributed by atoms with E-state index in [2.05, 4.69) is 52.1 Å². The molecule has 0 radical (unpaired) electrons. The van der Waals surface area contributed by atoms with Crippen LogP contribution in [0.4, 0.5) is 0 Å². The summed E-state index contributed by atoms with van der Waals surface area (Å²) in [4.78, 5) is 0. The summed E-state index contributed by atoms with van der Waals surface area (Å²) in [7, 11) is 0. The maximum absolute atomic E-state index is 3.91. The van der Waals surface area contributed by atoms with Crippen molar-refractivity contribution in [1.29, 1.82) is 0 Å². The lowest BCUT2D eigenvalue weighted by Gasteiger charge is -2.28. The summed E-state index contributed by atoms with van der Waals surface area (Å²) in [5, 5.41) is 3.91. The van der Waals surface area contributed by atoms with Gasteiger partial charge in [0.15, 0.2) is 0 Å². The van der Waals surface area contributed by atoms with E-state index in [1.165, 1.54) is 54.4 Å². The molecule has 0 heterocycles. The SMILES string of the molecule is Cc1cc(C)c(C(C)NC2CCCCCC2C)cc1C. The Balaban J connectivity index is 2.11. The van der Waals surface area contributed by atoms with E-state index in [0.29, 0.717) is 12.1 Å². The van der Waals surface area contributed by atoms with E-state index < -0.39 is 0 Å². The topological polar surface area (TPSA) is 12.0 Å². The first-order valence-corrected chi connectivity index (χ1v) is 8.33. The largest absolute Gasteiger partial charge is 0.307 e. The lowest BCUT2D eigenvalue weighted by molar-refractivity contribution is 0.329. The Hall–Kier alpha value is -0.820. The Bertz CT molecular complexity index is 449. The Morgan fingerprint density at radius 2 is 1.60 bits per heavy atom. The van der Waals surface area contributed by atoms with Crippen molar-refractivity contribution < 1.29 is 0 Å². The Labute approximate surface area is 125 Å². The van der Waals surface area contributed by atoms with Crippen molar-refractivity contribution in [2.75, 3.05) is 0 Å². The van der Waals surface area contributed by atoms with Crippen LogP contribution in [0.3, 0.4) is 0 Å². The molecule has 1 fully saturated rings. The molecule has 0 spiro atoms. The fourth-order valence-corrected chi connectivity index (χ4v) is 3.60. The van der Waals surface area contributed by atoms with E-state index in [1.54, 1.807) is 0 Å². The second kappa shape index (κ2) is 6.76. The molecule has 3 atom stereocenters. The molecule has 20 heavy (non-hydrogen) atoms. The highest BCUT2D eigenvalue weighted by Crippen LogP contribution is 2.27. The predicted molar refractivity (Wildman–Crippen MR) is 88.2 cm³/mol. The highest BCUT2D eigenvalue weighted by molar-refractivity contribution is 5.38. The third-order valence-corrected chi connectivity index (χ3v) is 5.17. The molecule has 0 amide bonds. The minimum Gasteiger partial charge on any atom is -0.307 e. The maximum atomic E-state index is 3.91. The molecule has 0 aromatic heterocycles. The lowest BCUT2D eigenvalue weighted by atomic mass is 9.93. The second-order valence-electron chi connectivity index (χ2n) is 6.90. The van der Waals surface area contributed by atoms with Gasteiger partial charge < -0.3 is 5.32 Å². The number of aryl methyl sites for hydroxylation is 3. The Kier molecular flexibility index (Phi) is 5.26. The molecular formula is C19H31N. The van der Waals surface area contributed by atoms with Gasteiger partial charge in [0.1, 0.15) is 0 Å². The first-order valence-electron chi connectivity index (χ1n) is 8.33. The van der Waals surface area contributed by atoms with Crippen LogP contribution >= 0.6 is 0 Å². The van der Waals surface area contributed by atoms with Gasteiger partial charge in [-0.3, -0.25) is 0 Å². The van der Waals surface area contributed by atoms with Crippen molar-refractivity contribution in [3.63, 3.8) is 0 Å². The van der Waals surface area contributed by atoms with Gasteiger partial charge in [-0.25, -0.2) is 0 Å². The average molecular weight is 273 g/mol. The number of rotatable bonds is 3. The van der Waals surface area contributed by atoms with Crippen molar-refractivity contribution in [3.05, 3.63) is 34.4 Å². The smallest absolute Gasteiger partial charge is 0.0297 e. The van der Waals surface area contributed by atoms with Gasteiger partial charge in [-0.05, 0) is 68.7 Å². The van der Waals surface area contributed by atoms with Crippen molar-refractivity contribution in [2.45, 2.75) is 78.8 Å². The zero-order valence-corrected chi connectivity index (χ0v) is 13.9. The average Bonchev–Trinajstić information content (AvgIpc) is 2.59. The van der Waals surface area contributed by atoms with Crippen LogP contribution in [0.15, 0.2) is 12.1 Å². The van der Waals surface area contributed by atoms with Crippen LogP contribution in [0, 0.1) is 26.7 Å². The molecule has 1 aliphatic carbocycles. The summed E-state index contributed by atoms with van der Waals surface area (Å²) in [6.45, 7) is 11.4. The van der Waals surface area contributed by atoms with Crippen LogP contribution in [0.1, 0.15) is 74.2 Å². The quantitative estimate of drug-likeness (QED) is 0.743. The van der Waals surface area contributed by atoms with Gasteiger partial charge in [0.05, 0.1) is 0 Å². The van der Waals surface area contributed by atoms with Crippen molar-refractivity contribution >= 4 is 0 Å². The monoisotopic (exact) mass is 273 g/mol. The fraction of sp³-hybridized carbons (Fsp3) is 0.684. The summed E-state index contributed by atoms with van der Waals surface area (Å²) >= 11 is 0. The van der Waals surface area contributed by atoms with E-state index in [4.69, 9.17) is 0 Å². The molecular weight excluding hydrogens is 242 g/mol. The number of hydrogen-bond donors (Lipinski definition) is 1. The number of hydrogen-bond acceptors (Lipinski definition) is 1. The minimum absolute atomic E-state index is 0.458. The molecule has 0 bridgehead atoms. The van der Waals surface area contributed by atoms with E-state index in [9.17, 15) is 0 Å². The summed E-state index contributed by atoms with van der Waals surface area (Å²) in [5.41, 5.74) is 5.72. The molecule has 0 saturated heterocycles. The molecule has 1 aliphatic rings. The molecule has 112 valence electrons. The zero-order valence-electron chi connectivity index (χ0n) is 13.9. The fourth-order valence-electron chi connectivity index (χ4n) is 3.60. The van der Waals surface area contributed by atoms with Crippen LogP contribution < -0.4 is 5.32 Å². The predicted octanol–water partition coefficient (Wildman–Crippen LogP) is 5.23. The van der Waals surface area contributed by atoms with Gasteiger partial charge in [-0.15, -0.1) is 0 Å². The van der Waals surface area contributed by atoms with E-state index >= 15 is 0 Å². The Morgan fingerprint density at radius 3 is 2.35 bits per heavy atom. The summed E-state index contributed by atoms with van der Waals surface area (Å²) in [6, 6.07) is 5.86. The molecule has 1 nitrogen and oxygen atoms in total. The molecule has 2 rings (SSSR count). The van der Waals surface area contributed by atoms with Crippen LogP contribution in [0.5, 0.6) is 0 Å². The summed E-state index contributed by atoms with van der Waals surface area (Å²) in [6.07, 6.45) is 6.95.